The van der Waals surface area contributed by atoms with Crippen LogP contribution in [-0.2, 0) is 10.5 Å². The van der Waals surface area contributed by atoms with E-state index in [1.54, 1.807) is 6.92 Å². The van der Waals surface area contributed by atoms with Gasteiger partial charge in [0.2, 0.25) is 5.76 Å². The van der Waals surface area contributed by atoms with E-state index < -0.39 is 5.97 Å². The molecule has 0 aliphatic rings. The summed E-state index contributed by atoms with van der Waals surface area (Å²) in [6.45, 7) is 4.60. The number of hydrogen-bond donors (Lipinski definition) is 1. The van der Waals surface area contributed by atoms with E-state index in [1.165, 1.54) is 11.8 Å². The van der Waals surface area contributed by atoms with Gasteiger partial charge in [0.1, 0.15) is 5.58 Å². The Kier molecular flexibility index (Phi) is 5.90. The van der Waals surface area contributed by atoms with Crippen molar-refractivity contribution in [2.45, 2.75) is 19.6 Å². The molecular formula is C15H17BrN2O3S. The molecule has 5 nitrogen and oxygen atoms in total. The van der Waals surface area contributed by atoms with E-state index in [-0.39, 0.29) is 5.76 Å². The molecule has 0 saturated heterocycles. The van der Waals surface area contributed by atoms with Gasteiger partial charge in [-0.1, -0.05) is 27.7 Å². The van der Waals surface area contributed by atoms with Crippen LogP contribution >= 0.6 is 27.7 Å². The molecule has 0 spiro atoms. The van der Waals surface area contributed by atoms with E-state index in [0.717, 1.165) is 15.4 Å². The van der Waals surface area contributed by atoms with E-state index in [2.05, 4.69) is 20.9 Å². The minimum atomic E-state index is -0.462. The highest BCUT2D eigenvalue weighted by Crippen LogP contribution is 2.32. The van der Waals surface area contributed by atoms with Crippen molar-refractivity contribution in [3.8, 4) is 0 Å². The number of ether oxygens (including phenoxy) is 1. The number of fused-ring (bicyclic) bond motifs is 1. The van der Waals surface area contributed by atoms with Crippen LogP contribution in [0.4, 0.5) is 0 Å². The SMILES string of the molecule is CCN=C(N)SCc1c(C(=O)OCC)oc2ccc(Br)cc12. The summed E-state index contributed by atoms with van der Waals surface area (Å²) in [5.41, 5.74) is 7.23. The minimum absolute atomic E-state index is 0.228. The summed E-state index contributed by atoms with van der Waals surface area (Å²) in [5, 5.41) is 1.36. The monoisotopic (exact) mass is 384 g/mol. The fourth-order valence-corrected chi connectivity index (χ4v) is 3.13. The van der Waals surface area contributed by atoms with Gasteiger partial charge in [-0.15, -0.1) is 0 Å². The molecule has 2 aromatic rings. The van der Waals surface area contributed by atoms with Crippen molar-refractivity contribution in [2.24, 2.45) is 10.7 Å². The highest BCUT2D eigenvalue weighted by molar-refractivity contribution is 9.10. The lowest BCUT2D eigenvalue weighted by Crippen LogP contribution is -2.09. The van der Waals surface area contributed by atoms with Crippen molar-refractivity contribution >= 4 is 49.8 Å². The predicted molar refractivity (Wildman–Crippen MR) is 93.3 cm³/mol. The third-order valence-electron chi connectivity index (χ3n) is 2.89. The van der Waals surface area contributed by atoms with Crippen LogP contribution in [0.25, 0.3) is 11.0 Å². The Balaban J connectivity index is 2.42. The van der Waals surface area contributed by atoms with Crippen LogP contribution < -0.4 is 5.73 Å². The molecule has 7 heteroatoms. The summed E-state index contributed by atoms with van der Waals surface area (Å²) >= 11 is 4.81. The maximum Gasteiger partial charge on any atom is 0.374 e. The number of carbonyl (C=O) groups excluding carboxylic acids is 1. The Hall–Kier alpha value is -1.47. The maximum absolute atomic E-state index is 12.1. The summed E-state index contributed by atoms with van der Waals surface area (Å²) in [6.07, 6.45) is 0. The second-order valence-corrected chi connectivity index (χ2v) is 6.28. The quantitative estimate of drug-likeness (QED) is 0.479. The standard InChI is InChI=1S/C15H17BrN2O3S/c1-3-18-15(17)22-8-11-10-7-9(16)5-6-12(10)21-13(11)14(19)20-4-2/h5-7H,3-4,8H2,1-2H3,(H2,17,18). The third-order valence-corrected chi connectivity index (χ3v) is 4.24. The molecule has 1 aromatic heterocycles. The van der Waals surface area contributed by atoms with Gasteiger partial charge >= 0.3 is 5.97 Å². The number of rotatable bonds is 5. The first-order chi connectivity index (χ1) is 10.6. The maximum atomic E-state index is 12.1. The Morgan fingerprint density at radius 3 is 2.91 bits per heavy atom. The van der Waals surface area contributed by atoms with Crippen LogP contribution in [0.2, 0.25) is 0 Å². The number of nitrogens with zero attached hydrogens (tertiary/aromatic N) is 1. The second kappa shape index (κ2) is 7.69. The Morgan fingerprint density at radius 1 is 1.45 bits per heavy atom. The topological polar surface area (TPSA) is 77.8 Å². The fourth-order valence-electron chi connectivity index (χ4n) is 1.97. The van der Waals surface area contributed by atoms with E-state index in [1.807, 2.05) is 25.1 Å². The van der Waals surface area contributed by atoms with Crippen LogP contribution in [-0.4, -0.2) is 24.3 Å². The van der Waals surface area contributed by atoms with Crippen molar-refractivity contribution < 1.29 is 13.9 Å². The number of amidine groups is 1. The molecule has 0 aliphatic carbocycles. The molecule has 2 N–H and O–H groups in total. The van der Waals surface area contributed by atoms with Gasteiger partial charge in [0.15, 0.2) is 5.17 Å². The van der Waals surface area contributed by atoms with Crippen LogP contribution in [0.1, 0.15) is 30.0 Å². The Morgan fingerprint density at radius 2 is 2.23 bits per heavy atom. The largest absolute Gasteiger partial charge is 0.460 e. The van der Waals surface area contributed by atoms with Gasteiger partial charge in [-0.05, 0) is 32.0 Å². The molecule has 2 rings (SSSR count). The van der Waals surface area contributed by atoms with Gasteiger partial charge in [-0.3, -0.25) is 4.99 Å². The van der Waals surface area contributed by atoms with Crippen molar-refractivity contribution in [1.29, 1.82) is 0 Å². The molecule has 22 heavy (non-hydrogen) atoms. The van der Waals surface area contributed by atoms with Gasteiger partial charge < -0.3 is 14.9 Å². The fraction of sp³-hybridized carbons (Fsp3) is 0.333. The molecule has 0 amide bonds. The predicted octanol–water partition coefficient (Wildman–Crippen LogP) is 3.94. The Labute approximate surface area is 141 Å². The van der Waals surface area contributed by atoms with Gasteiger partial charge in [0.05, 0.1) is 6.61 Å². The number of esters is 1. The van der Waals surface area contributed by atoms with Gasteiger partial charge in [-0.2, -0.15) is 0 Å². The number of aliphatic imine (C=N–C) groups is 1. The minimum Gasteiger partial charge on any atom is -0.460 e. The van der Waals surface area contributed by atoms with Crippen molar-refractivity contribution in [2.75, 3.05) is 13.2 Å². The average Bonchev–Trinajstić information content (AvgIpc) is 2.83. The molecule has 0 unspecified atom stereocenters. The molecule has 0 radical (unpaired) electrons. The molecule has 0 fully saturated rings. The van der Waals surface area contributed by atoms with Crippen LogP contribution in [0.15, 0.2) is 32.1 Å². The van der Waals surface area contributed by atoms with Crippen molar-refractivity contribution in [1.82, 2.24) is 0 Å². The van der Waals surface area contributed by atoms with Gasteiger partial charge in [0, 0.05) is 27.7 Å². The summed E-state index contributed by atoms with van der Waals surface area (Å²) in [5.74, 6) is 0.260. The summed E-state index contributed by atoms with van der Waals surface area (Å²) in [4.78, 5) is 16.2. The molecule has 1 heterocycles. The lowest BCUT2D eigenvalue weighted by Gasteiger charge is -2.03. The van der Waals surface area contributed by atoms with Crippen LogP contribution in [0.3, 0.4) is 0 Å². The second-order valence-electron chi connectivity index (χ2n) is 4.37. The lowest BCUT2D eigenvalue weighted by molar-refractivity contribution is 0.0491. The highest BCUT2D eigenvalue weighted by Gasteiger charge is 2.22. The zero-order chi connectivity index (χ0) is 16.1. The number of nitrogens with two attached hydrogens (primary N) is 1. The van der Waals surface area contributed by atoms with Crippen LogP contribution in [0.5, 0.6) is 0 Å². The summed E-state index contributed by atoms with van der Waals surface area (Å²) in [7, 11) is 0. The number of carbonyl (C=O) groups is 1. The molecule has 0 atom stereocenters. The smallest absolute Gasteiger partial charge is 0.374 e. The zero-order valence-corrected chi connectivity index (χ0v) is 14.8. The first-order valence-corrected chi connectivity index (χ1v) is 8.65. The number of halogens is 1. The first kappa shape index (κ1) is 16.9. The third kappa shape index (κ3) is 3.84. The zero-order valence-electron chi connectivity index (χ0n) is 12.4. The average molecular weight is 385 g/mol. The van der Waals surface area contributed by atoms with Crippen molar-refractivity contribution in [3.05, 3.63) is 34.0 Å². The number of benzene rings is 1. The van der Waals surface area contributed by atoms with Crippen LogP contribution in [0, 0.1) is 0 Å². The van der Waals surface area contributed by atoms with E-state index in [9.17, 15) is 4.79 Å². The van der Waals surface area contributed by atoms with Gasteiger partial charge in [0.25, 0.3) is 0 Å². The molecule has 118 valence electrons. The van der Waals surface area contributed by atoms with Crippen molar-refractivity contribution in [3.63, 3.8) is 0 Å². The number of furan rings is 1. The molecule has 0 bridgehead atoms. The number of hydrogen-bond acceptors (Lipinski definition) is 5. The highest BCUT2D eigenvalue weighted by atomic mass is 79.9. The number of thioether (sulfide) groups is 1. The molecular weight excluding hydrogens is 368 g/mol. The molecule has 0 saturated carbocycles. The normalized spacial score (nSPS) is 11.9. The summed E-state index contributed by atoms with van der Waals surface area (Å²) in [6, 6.07) is 5.61. The first-order valence-electron chi connectivity index (χ1n) is 6.87. The van der Waals surface area contributed by atoms with E-state index in [4.69, 9.17) is 14.9 Å². The van der Waals surface area contributed by atoms with E-state index >= 15 is 0 Å². The Bertz CT molecular complexity index is 712. The molecule has 0 aliphatic heterocycles. The van der Waals surface area contributed by atoms with Gasteiger partial charge in [-0.25, -0.2) is 4.79 Å². The summed E-state index contributed by atoms with van der Waals surface area (Å²) < 4.78 is 11.7. The molecule has 1 aromatic carbocycles. The lowest BCUT2D eigenvalue weighted by atomic mass is 10.1. The van der Waals surface area contributed by atoms with E-state index in [0.29, 0.717) is 29.7 Å².